The number of benzene rings is 1. The molecule has 1 aromatic carbocycles. The summed E-state index contributed by atoms with van der Waals surface area (Å²) in [5.74, 6) is 2.31. The number of fused-ring (bicyclic) bond motifs is 5. The van der Waals surface area contributed by atoms with Crippen LogP contribution in [0.4, 0.5) is 0 Å². The van der Waals surface area contributed by atoms with Gasteiger partial charge in [-0.05, 0) is 78.5 Å². The van der Waals surface area contributed by atoms with Gasteiger partial charge in [0.2, 0.25) is 0 Å². The number of phenolic OH excluding ortho intramolecular Hbond substituents is 1. The van der Waals surface area contributed by atoms with E-state index in [1.165, 1.54) is 11.1 Å². The molecule has 0 bridgehead atoms. The molecule has 0 radical (unpaired) electrons. The van der Waals surface area contributed by atoms with E-state index < -0.39 is 0 Å². The second kappa shape index (κ2) is 5.63. The maximum absolute atomic E-state index is 10.7. The Bertz CT molecular complexity index is 643. The van der Waals surface area contributed by atoms with Crippen LogP contribution in [0.25, 0.3) is 0 Å². The maximum Gasteiger partial charge on any atom is 0.160 e. The fraction of sp³-hybridized carbons (Fsp3) is 0.700. The molecule has 4 heteroatoms. The molecule has 3 aliphatic rings. The van der Waals surface area contributed by atoms with Crippen molar-refractivity contribution in [2.45, 2.75) is 51.0 Å². The highest BCUT2D eigenvalue weighted by Crippen LogP contribution is 2.62. The normalized spacial score (nSPS) is 40.6. The van der Waals surface area contributed by atoms with Gasteiger partial charge in [-0.1, -0.05) is 6.92 Å². The molecule has 24 heavy (non-hydrogen) atoms. The van der Waals surface area contributed by atoms with Crippen LogP contribution in [0.2, 0.25) is 0 Å². The van der Waals surface area contributed by atoms with Crippen LogP contribution in [0.5, 0.6) is 11.5 Å². The summed E-state index contributed by atoms with van der Waals surface area (Å²) in [6.45, 7) is 2.31. The van der Waals surface area contributed by atoms with E-state index in [-0.39, 0.29) is 29.8 Å². The van der Waals surface area contributed by atoms with E-state index in [9.17, 15) is 15.3 Å². The van der Waals surface area contributed by atoms with E-state index in [0.29, 0.717) is 23.5 Å². The largest absolute Gasteiger partial charge is 0.504 e. The minimum atomic E-state index is -0.385. The summed E-state index contributed by atoms with van der Waals surface area (Å²) in [7, 11) is 1.60. The minimum absolute atomic E-state index is 0.0227. The summed E-state index contributed by atoms with van der Waals surface area (Å²) in [6.07, 6.45) is 4.69. The van der Waals surface area contributed by atoms with Gasteiger partial charge in [-0.15, -0.1) is 0 Å². The summed E-state index contributed by atoms with van der Waals surface area (Å²) < 4.78 is 5.33. The Hall–Kier alpha value is -1.26. The van der Waals surface area contributed by atoms with Crippen LogP contribution in [-0.2, 0) is 6.42 Å². The molecule has 6 atom stereocenters. The Labute approximate surface area is 143 Å². The summed E-state index contributed by atoms with van der Waals surface area (Å²) >= 11 is 0. The molecule has 1 aromatic rings. The first-order valence-electron chi connectivity index (χ1n) is 9.18. The molecular formula is C20H28O4. The van der Waals surface area contributed by atoms with Gasteiger partial charge in [0.15, 0.2) is 11.5 Å². The lowest BCUT2D eigenvalue weighted by Gasteiger charge is -2.50. The molecule has 0 amide bonds. The molecule has 132 valence electrons. The van der Waals surface area contributed by atoms with Gasteiger partial charge in [0.25, 0.3) is 0 Å². The highest BCUT2D eigenvalue weighted by atomic mass is 16.5. The molecule has 0 aliphatic heterocycles. The van der Waals surface area contributed by atoms with Crippen molar-refractivity contribution in [3.8, 4) is 11.5 Å². The Kier molecular flexibility index (Phi) is 3.81. The molecular weight excluding hydrogens is 304 g/mol. The highest BCUT2D eigenvalue weighted by Gasteiger charge is 2.57. The van der Waals surface area contributed by atoms with Gasteiger partial charge < -0.3 is 20.1 Å². The molecule has 2 saturated carbocycles. The van der Waals surface area contributed by atoms with Crippen molar-refractivity contribution >= 4 is 0 Å². The minimum Gasteiger partial charge on any atom is -0.504 e. The van der Waals surface area contributed by atoms with Crippen molar-refractivity contribution < 1.29 is 20.1 Å². The van der Waals surface area contributed by atoms with Gasteiger partial charge in [0.05, 0.1) is 13.2 Å². The molecule has 0 aromatic heterocycles. The molecule has 3 N–H and O–H groups in total. The zero-order valence-electron chi connectivity index (χ0n) is 14.5. The fourth-order valence-electron chi connectivity index (χ4n) is 6.08. The summed E-state index contributed by atoms with van der Waals surface area (Å²) in [5, 5.41) is 30.4. The van der Waals surface area contributed by atoms with Crippen molar-refractivity contribution in [2.75, 3.05) is 13.7 Å². The monoisotopic (exact) mass is 332 g/mol. The van der Waals surface area contributed by atoms with Gasteiger partial charge in [0.1, 0.15) is 0 Å². The Morgan fingerprint density at radius 1 is 1.29 bits per heavy atom. The third-order valence-corrected chi connectivity index (χ3v) is 7.38. The van der Waals surface area contributed by atoms with Crippen molar-refractivity contribution in [3.63, 3.8) is 0 Å². The first kappa shape index (κ1) is 16.2. The smallest absolute Gasteiger partial charge is 0.160 e. The topological polar surface area (TPSA) is 69.9 Å². The van der Waals surface area contributed by atoms with Crippen LogP contribution in [-0.4, -0.2) is 35.1 Å². The molecule has 2 fully saturated rings. The molecule has 0 spiro atoms. The summed E-state index contributed by atoms with van der Waals surface area (Å²) in [6, 6.07) is 3.90. The lowest BCUT2D eigenvalue weighted by atomic mass is 9.55. The number of hydrogen-bond acceptors (Lipinski definition) is 4. The van der Waals surface area contributed by atoms with Crippen molar-refractivity contribution in [3.05, 3.63) is 23.3 Å². The van der Waals surface area contributed by atoms with Crippen molar-refractivity contribution in [2.24, 2.45) is 23.2 Å². The van der Waals surface area contributed by atoms with Gasteiger partial charge in [-0.3, -0.25) is 0 Å². The highest BCUT2D eigenvalue weighted by molar-refractivity contribution is 5.49. The number of ether oxygens (including phenoxy) is 1. The van der Waals surface area contributed by atoms with E-state index in [4.69, 9.17) is 4.74 Å². The van der Waals surface area contributed by atoms with E-state index in [2.05, 4.69) is 6.92 Å². The predicted octanol–water partition coefficient (Wildman–Crippen LogP) is 2.84. The Morgan fingerprint density at radius 2 is 2.08 bits per heavy atom. The van der Waals surface area contributed by atoms with Gasteiger partial charge in [-0.25, -0.2) is 0 Å². The van der Waals surface area contributed by atoms with Crippen LogP contribution >= 0.6 is 0 Å². The summed E-state index contributed by atoms with van der Waals surface area (Å²) in [5.41, 5.74) is 2.51. The maximum atomic E-state index is 10.7. The lowest BCUT2D eigenvalue weighted by Crippen LogP contribution is -2.44. The number of hydrogen-bond donors (Lipinski definition) is 3. The van der Waals surface area contributed by atoms with E-state index in [1.54, 1.807) is 7.11 Å². The van der Waals surface area contributed by atoms with E-state index in [0.717, 1.165) is 32.1 Å². The third kappa shape index (κ3) is 2.12. The van der Waals surface area contributed by atoms with Crippen LogP contribution in [0.3, 0.4) is 0 Å². The number of aromatic hydroxyl groups is 1. The van der Waals surface area contributed by atoms with Crippen LogP contribution in [0.15, 0.2) is 12.1 Å². The zero-order valence-corrected chi connectivity index (χ0v) is 14.5. The van der Waals surface area contributed by atoms with E-state index >= 15 is 0 Å². The third-order valence-electron chi connectivity index (χ3n) is 7.38. The van der Waals surface area contributed by atoms with E-state index in [1.807, 2.05) is 12.1 Å². The molecule has 0 saturated heterocycles. The average molecular weight is 332 g/mol. The van der Waals surface area contributed by atoms with Crippen molar-refractivity contribution in [1.29, 1.82) is 0 Å². The van der Waals surface area contributed by atoms with Gasteiger partial charge >= 0.3 is 0 Å². The second-order valence-electron chi connectivity index (χ2n) is 8.31. The quantitative estimate of drug-likeness (QED) is 0.779. The Balaban J connectivity index is 1.70. The SMILES string of the molecule is COc1cc2c(cc1O)CC[C@@H]1[C@@H]2CC[C@]2(C)[C@@H](O)[C@H](CO)C[C@@H]12. The van der Waals surface area contributed by atoms with Crippen molar-refractivity contribution in [1.82, 2.24) is 0 Å². The number of aliphatic hydroxyl groups excluding tert-OH is 2. The molecule has 4 nitrogen and oxygen atoms in total. The van der Waals surface area contributed by atoms with Crippen LogP contribution in [0, 0.1) is 23.2 Å². The summed E-state index contributed by atoms with van der Waals surface area (Å²) in [4.78, 5) is 0. The number of aryl methyl sites for hydroxylation is 1. The fourth-order valence-corrected chi connectivity index (χ4v) is 6.08. The number of methoxy groups -OCH3 is 1. The zero-order chi connectivity index (χ0) is 17.1. The number of aliphatic hydroxyl groups is 2. The van der Waals surface area contributed by atoms with Gasteiger partial charge in [-0.2, -0.15) is 0 Å². The van der Waals surface area contributed by atoms with Crippen LogP contribution < -0.4 is 4.74 Å². The molecule has 0 unspecified atom stereocenters. The van der Waals surface area contributed by atoms with Gasteiger partial charge in [0, 0.05) is 12.5 Å². The first-order valence-corrected chi connectivity index (χ1v) is 9.18. The Morgan fingerprint density at radius 3 is 2.79 bits per heavy atom. The average Bonchev–Trinajstić information content (AvgIpc) is 2.85. The predicted molar refractivity (Wildman–Crippen MR) is 91.2 cm³/mol. The van der Waals surface area contributed by atoms with Crippen LogP contribution in [0.1, 0.15) is 49.7 Å². The lowest BCUT2D eigenvalue weighted by molar-refractivity contribution is -0.0379. The molecule has 4 rings (SSSR count). The standard InChI is InChI=1S/C20H28O4/c1-20-6-5-13-14(16(20)7-12(10-21)19(20)23)4-3-11-8-17(22)18(24-2)9-15(11)13/h8-9,12-14,16,19,21-23H,3-7,10H2,1-2H3/t12-,13-,14+,16-,19-,20-/m0/s1. The second-order valence-corrected chi connectivity index (χ2v) is 8.31. The molecule has 3 aliphatic carbocycles. The number of phenols is 1. The number of rotatable bonds is 2. The first-order chi connectivity index (χ1) is 11.5. The molecule has 0 heterocycles.